The van der Waals surface area contributed by atoms with Gasteiger partial charge in [-0.2, -0.15) is 0 Å². The van der Waals surface area contributed by atoms with Crippen molar-refractivity contribution >= 4 is 28.5 Å². The number of Topliss-reactive ketones (excluding diaryl/α,β-unsaturated/α-hetero) is 1. The Bertz CT molecular complexity index is 1520. The third-order valence-corrected chi connectivity index (χ3v) is 7.49. The van der Waals surface area contributed by atoms with Gasteiger partial charge in [-0.15, -0.1) is 16.4 Å². The number of ketones is 1. The molecule has 1 atom stereocenters. The molecule has 182 valence electrons. The molecule has 0 fully saturated rings. The fourth-order valence-electron chi connectivity index (χ4n) is 4.95. The van der Waals surface area contributed by atoms with Crippen LogP contribution in [0, 0.1) is 5.41 Å². The van der Waals surface area contributed by atoms with E-state index >= 15 is 0 Å². The molecule has 0 amide bonds. The highest BCUT2D eigenvalue weighted by Crippen LogP contribution is 2.50. The number of thiophene rings is 1. The first kappa shape index (κ1) is 22.6. The van der Waals surface area contributed by atoms with Crippen LogP contribution in [-0.2, 0) is 16.2 Å². The fraction of sp³-hybridized carbons (Fsp3) is 0.296. The van der Waals surface area contributed by atoms with Gasteiger partial charge in [-0.25, -0.2) is 14.5 Å². The predicted octanol–water partition coefficient (Wildman–Crippen LogP) is 5.29. The SMILES string of the molecule is C/C(=N/OCc1nc2c3c(ncn2n1)OC1=C(C(=O)CC(C)(C)C1)[C@@H]3c1ccccc1)c1cccs1. The lowest BCUT2D eigenvalue weighted by molar-refractivity contribution is -0.118. The lowest BCUT2D eigenvalue weighted by atomic mass is 9.70. The number of aromatic nitrogens is 4. The van der Waals surface area contributed by atoms with Gasteiger partial charge in [-0.05, 0) is 29.3 Å². The number of ether oxygens (including phenoxy) is 1. The molecular formula is C27H25N5O3S. The van der Waals surface area contributed by atoms with Crippen LogP contribution in [0.3, 0.4) is 0 Å². The molecule has 3 aromatic heterocycles. The number of carbonyl (C=O) groups excluding carboxylic acids is 1. The number of fused-ring (bicyclic) bond motifs is 3. The molecule has 0 saturated heterocycles. The molecule has 0 spiro atoms. The van der Waals surface area contributed by atoms with Crippen LogP contribution >= 0.6 is 11.3 Å². The Morgan fingerprint density at radius 2 is 2.06 bits per heavy atom. The minimum absolute atomic E-state index is 0.101. The normalized spacial score (nSPS) is 19.1. The summed E-state index contributed by atoms with van der Waals surface area (Å²) in [5, 5.41) is 10.8. The Labute approximate surface area is 212 Å². The van der Waals surface area contributed by atoms with E-state index in [9.17, 15) is 4.79 Å². The number of oxime groups is 1. The van der Waals surface area contributed by atoms with E-state index in [-0.39, 0.29) is 23.7 Å². The zero-order valence-electron chi connectivity index (χ0n) is 20.3. The molecule has 0 N–H and O–H groups in total. The second-order valence-corrected chi connectivity index (χ2v) is 10.9. The minimum Gasteiger partial charge on any atom is -0.442 e. The summed E-state index contributed by atoms with van der Waals surface area (Å²) in [6, 6.07) is 14.0. The second-order valence-electron chi connectivity index (χ2n) is 9.91. The Morgan fingerprint density at radius 1 is 1.22 bits per heavy atom. The fourth-order valence-corrected chi connectivity index (χ4v) is 5.61. The minimum atomic E-state index is -0.332. The Morgan fingerprint density at radius 3 is 2.83 bits per heavy atom. The van der Waals surface area contributed by atoms with Crippen LogP contribution in [0.2, 0.25) is 0 Å². The molecule has 9 heteroatoms. The summed E-state index contributed by atoms with van der Waals surface area (Å²) in [5.74, 6) is 1.41. The molecule has 0 saturated carbocycles. The third kappa shape index (κ3) is 3.99. The molecule has 4 aromatic rings. The van der Waals surface area contributed by atoms with Crippen molar-refractivity contribution in [2.45, 2.75) is 46.1 Å². The van der Waals surface area contributed by atoms with Gasteiger partial charge in [-0.1, -0.05) is 55.4 Å². The number of allylic oxidation sites excluding steroid dienone is 2. The van der Waals surface area contributed by atoms with E-state index in [0.717, 1.165) is 21.7 Å². The number of hydrogen-bond donors (Lipinski definition) is 0. The van der Waals surface area contributed by atoms with E-state index in [1.54, 1.807) is 22.2 Å². The highest BCUT2D eigenvalue weighted by atomic mass is 32.1. The molecule has 1 aliphatic heterocycles. The average molecular weight is 500 g/mol. The summed E-state index contributed by atoms with van der Waals surface area (Å²) in [5.41, 5.74) is 3.65. The summed E-state index contributed by atoms with van der Waals surface area (Å²) < 4.78 is 7.90. The number of carbonyl (C=O) groups is 1. The molecule has 36 heavy (non-hydrogen) atoms. The van der Waals surface area contributed by atoms with Crippen molar-refractivity contribution in [1.29, 1.82) is 0 Å². The van der Waals surface area contributed by atoms with Crippen LogP contribution in [0.5, 0.6) is 5.88 Å². The van der Waals surface area contributed by atoms with Gasteiger partial charge in [0.25, 0.3) is 0 Å². The maximum absolute atomic E-state index is 13.4. The summed E-state index contributed by atoms with van der Waals surface area (Å²) >= 11 is 1.60. The first-order chi connectivity index (χ1) is 17.4. The number of benzene rings is 1. The van der Waals surface area contributed by atoms with Crippen molar-refractivity contribution in [1.82, 2.24) is 19.6 Å². The van der Waals surface area contributed by atoms with E-state index in [4.69, 9.17) is 14.6 Å². The highest BCUT2D eigenvalue weighted by Gasteiger charge is 2.43. The first-order valence-electron chi connectivity index (χ1n) is 11.8. The molecular weight excluding hydrogens is 474 g/mol. The van der Waals surface area contributed by atoms with Crippen molar-refractivity contribution < 1.29 is 14.4 Å². The average Bonchev–Trinajstić information content (AvgIpc) is 3.52. The Hall–Kier alpha value is -3.85. The summed E-state index contributed by atoms with van der Waals surface area (Å²) in [6.45, 7) is 6.19. The first-order valence-corrected chi connectivity index (χ1v) is 12.7. The van der Waals surface area contributed by atoms with Crippen LogP contribution in [0.25, 0.3) is 5.65 Å². The maximum Gasteiger partial charge on any atom is 0.228 e. The number of hydrogen-bond acceptors (Lipinski definition) is 8. The van der Waals surface area contributed by atoms with Gasteiger partial charge in [-0.3, -0.25) is 4.79 Å². The van der Waals surface area contributed by atoms with Gasteiger partial charge in [0, 0.05) is 24.3 Å². The number of nitrogens with zero attached hydrogens (tertiary/aromatic N) is 5. The lowest BCUT2D eigenvalue weighted by Gasteiger charge is -2.37. The van der Waals surface area contributed by atoms with E-state index < -0.39 is 0 Å². The van der Waals surface area contributed by atoms with Crippen LogP contribution in [-0.4, -0.2) is 31.1 Å². The maximum atomic E-state index is 13.4. The largest absolute Gasteiger partial charge is 0.442 e. The Balaban J connectivity index is 1.41. The topological polar surface area (TPSA) is 91.0 Å². The summed E-state index contributed by atoms with van der Waals surface area (Å²) in [4.78, 5) is 29.4. The molecule has 6 rings (SSSR count). The molecule has 8 nitrogen and oxygen atoms in total. The van der Waals surface area contributed by atoms with Crippen molar-refractivity contribution in [2.75, 3.05) is 0 Å². The van der Waals surface area contributed by atoms with Crippen molar-refractivity contribution in [3.05, 3.63) is 87.3 Å². The smallest absolute Gasteiger partial charge is 0.228 e. The zero-order valence-corrected chi connectivity index (χ0v) is 21.1. The van der Waals surface area contributed by atoms with Gasteiger partial charge in [0.15, 0.2) is 23.9 Å². The molecule has 4 heterocycles. The summed E-state index contributed by atoms with van der Waals surface area (Å²) in [7, 11) is 0. The quantitative estimate of drug-likeness (QED) is 0.274. The van der Waals surface area contributed by atoms with Gasteiger partial charge in [0.05, 0.1) is 16.2 Å². The van der Waals surface area contributed by atoms with Crippen LogP contribution < -0.4 is 4.74 Å². The van der Waals surface area contributed by atoms with Gasteiger partial charge in [0.2, 0.25) is 5.88 Å². The molecule has 0 bridgehead atoms. The van der Waals surface area contributed by atoms with E-state index in [2.05, 4.69) is 29.1 Å². The molecule has 0 radical (unpaired) electrons. The third-order valence-electron chi connectivity index (χ3n) is 6.51. The van der Waals surface area contributed by atoms with Crippen molar-refractivity contribution in [3.63, 3.8) is 0 Å². The van der Waals surface area contributed by atoms with Crippen LogP contribution in [0.4, 0.5) is 0 Å². The van der Waals surface area contributed by atoms with E-state index in [1.807, 2.05) is 54.8 Å². The second kappa shape index (κ2) is 8.67. The monoisotopic (exact) mass is 499 g/mol. The van der Waals surface area contributed by atoms with Crippen LogP contribution in [0.1, 0.15) is 61.4 Å². The standard InChI is InChI=1S/C27H25N5O3S/c1-16(20-10-7-11-36-20)31-34-14-21-29-25-24-22(17-8-5-4-6-9-17)23-18(33)12-27(2,3)13-19(23)35-26(24)28-15-32(25)30-21/h4-11,15,22H,12-14H2,1-3H3/b31-16-/t22-/m0/s1. The van der Waals surface area contributed by atoms with Crippen molar-refractivity contribution in [3.8, 4) is 5.88 Å². The van der Waals surface area contributed by atoms with Crippen LogP contribution in [0.15, 0.2) is 70.7 Å². The van der Waals surface area contributed by atoms with Crippen molar-refractivity contribution in [2.24, 2.45) is 10.6 Å². The zero-order chi connectivity index (χ0) is 24.9. The molecule has 1 aliphatic carbocycles. The Kier molecular flexibility index (Phi) is 5.44. The van der Waals surface area contributed by atoms with Gasteiger partial charge >= 0.3 is 0 Å². The lowest BCUT2D eigenvalue weighted by Crippen LogP contribution is -2.33. The van der Waals surface area contributed by atoms with E-state index in [0.29, 0.717) is 41.5 Å². The molecule has 0 unspecified atom stereocenters. The number of rotatable bonds is 5. The molecule has 2 aliphatic rings. The molecule has 1 aromatic carbocycles. The predicted molar refractivity (Wildman–Crippen MR) is 136 cm³/mol. The summed E-state index contributed by atoms with van der Waals surface area (Å²) in [6.07, 6.45) is 2.74. The van der Waals surface area contributed by atoms with E-state index in [1.165, 1.54) is 0 Å². The van der Waals surface area contributed by atoms with Gasteiger partial charge in [0.1, 0.15) is 12.1 Å². The highest BCUT2D eigenvalue weighted by molar-refractivity contribution is 7.12. The van der Waals surface area contributed by atoms with Gasteiger partial charge < -0.3 is 9.57 Å².